The molecule has 0 spiro atoms. The number of aryl methyl sites for hydroxylation is 4. The zero-order valence-corrected chi connectivity index (χ0v) is 33.0. The van der Waals surface area contributed by atoms with E-state index in [-0.39, 0.29) is 0 Å². The molecule has 0 fully saturated rings. The first kappa shape index (κ1) is 36.3. The average Bonchev–Trinajstić information content (AvgIpc) is 3.26. The largest absolute Gasteiger partial charge is 0.243 e. The van der Waals surface area contributed by atoms with Crippen LogP contribution in [0.1, 0.15) is 22.3 Å². The minimum Gasteiger partial charge on any atom is -0.243 e. The molecule has 9 aromatic rings. The summed E-state index contributed by atoms with van der Waals surface area (Å²) in [4.78, 5) is 26.0. The number of benzene rings is 7. The van der Waals surface area contributed by atoms with E-state index in [0.29, 0.717) is 17.5 Å². The lowest BCUT2D eigenvalue weighted by molar-refractivity contribution is 1.07. The highest BCUT2D eigenvalue weighted by Gasteiger charge is 2.20. The van der Waals surface area contributed by atoms with Crippen LogP contribution in [0, 0.1) is 27.7 Å². The average molecular weight is 748 g/mol. The van der Waals surface area contributed by atoms with Gasteiger partial charge in [-0.3, -0.25) is 0 Å². The first-order chi connectivity index (χ1) is 28.3. The van der Waals surface area contributed by atoms with Crippen LogP contribution in [0.4, 0.5) is 0 Å². The molecule has 0 amide bonds. The first-order valence-electron chi connectivity index (χ1n) is 19.6. The van der Waals surface area contributed by atoms with Crippen LogP contribution >= 0.6 is 0 Å². The van der Waals surface area contributed by atoms with Gasteiger partial charge in [0, 0.05) is 38.9 Å². The Balaban J connectivity index is 1.14. The Hall–Kier alpha value is -7.37. The molecule has 0 aliphatic heterocycles. The van der Waals surface area contributed by atoms with Gasteiger partial charge in [-0.05, 0) is 69.2 Å². The van der Waals surface area contributed by atoms with Crippen molar-refractivity contribution in [3.8, 4) is 90.3 Å². The molecule has 0 N–H and O–H groups in total. The zero-order chi connectivity index (χ0) is 39.6. The third-order valence-electron chi connectivity index (χ3n) is 10.2. The second kappa shape index (κ2) is 15.6. The summed E-state index contributed by atoms with van der Waals surface area (Å²) >= 11 is 0. The van der Waals surface area contributed by atoms with Crippen molar-refractivity contribution in [1.82, 2.24) is 24.9 Å². The molecule has 7 aromatic carbocycles. The van der Waals surface area contributed by atoms with E-state index < -0.39 is 0 Å². The summed E-state index contributed by atoms with van der Waals surface area (Å²) in [5, 5.41) is 0. The van der Waals surface area contributed by atoms with Crippen molar-refractivity contribution in [2.45, 2.75) is 27.7 Å². The van der Waals surface area contributed by atoms with Crippen LogP contribution in [-0.2, 0) is 0 Å². The Labute approximate surface area is 339 Å². The van der Waals surface area contributed by atoms with Crippen LogP contribution in [0.3, 0.4) is 0 Å². The van der Waals surface area contributed by atoms with Gasteiger partial charge in [-0.2, -0.15) is 0 Å². The maximum atomic E-state index is 5.46. The third kappa shape index (κ3) is 7.58. The van der Waals surface area contributed by atoms with Crippen molar-refractivity contribution < 1.29 is 0 Å². The topological polar surface area (TPSA) is 64.5 Å². The molecule has 5 nitrogen and oxygen atoms in total. The second-order valence-electron chi connectivity index (χ2n) is 14.9. The van der Waals surface area contributed by atoms with Crippen molar-refractivity contribution >= 4 is 0 Å². The lowest BCUT2D eigenvalue weighted by Gasteiger charge is -2.16. The first-order valence-corrected chi connectivity index (χ1v) is 19.6. The smallest absolute Gasteiger partial charge is 0.164 e. The fraction of sp³-hybridized carbons (Fsp3) is 0.0755. The number of rotatable bonds is 8. The van der Waals surface area contributed by atoms with Gasteiger partial charge in [0.1, 0.15) is 0 Å². The van der Waals surface area contributed by atoms with Gasteiger partial charge in [-0.15, -0.1) is 0 Å². The fourth-order valence-electron chi connectivity index (χ4n) is 7.66. The lowest BCUT2D eigenvalue weighted by Crippen LogP contribution is -2.01. The molecule has 0 radical (unpaired) electrons. The Kier molecular flexibility index (Phi) is 9.78. The van der Waals surface area contributed by atoms with E-state index in [2.05, 4.69) is 149 Å². The van der Waals surface area contributed by atoms with E-state index in [1.807, 2.05) is 54.6 Å². The summed E-state index contributed by atoms with van der Waals surface area (Å²) in [7, 11) is 0. The summed E-state index contributed by atoms with van der Waals surface area (Å²) in [6, 6.07) is 60.9. The van der Waals surface area contributed by atoms with Gasteiger partial charge in [0.05, 0.1) is 22.8 Å². The second-order valence-corrected chi connectivity index (χ2v) is 14.9. The molecule has 2 heterocycles. The molecule has 5 heteroatoms. The van der Waals surface area contributed by atoms with E-state index in [0.717, 1.165) is 72.8 Å². The molecule has 278 valence electrons. The molecule has 0 aliphatic rings. The summed E-state index contributed by atoms with van der Waals surface area (Å²) in [6.45, 7) is 8.42. The highest BCUT2D eigenvalue weighted by Crippen LogP contribution is 2.38. The summed E-state index contributed by atoms with van der Waals surface area (Å²) < 4.78 is 0. The Bertz CT molecular complexity index is 2800. The maximum Gasteiger partial charge on any atom is 0.164 e. The van der Waals surface area contributed by atoms with E-state index >= 15 is 0 Å². The standard InChI is InChI=1S/C53H41N5/c1-34-27-35(2)30-45(29-34)52-56-51(57-53(58-52)46-31-36(3)28-37(4)32-46)42-25-23-38(24-26-42)43-21-14-22-44(33-43)50-49(41-19-12-7-13-20-41)54-47(39-15-8-5-9-16-39)48(55-50)40-17-10-6-11-18-40/h5-33H,1-4H3. The molecule has 0 unspecified atom stereocenters. The SMILES string of the molecule is Cc1cc(C)cc(-c2nc(-c3ccc(-c4cccc(-c5nc(-c6ccccc6)c(-c6ccccc6)nc5-c5ccccc5)c4)cc3)nc(-c3cc(C)cc(C)c3)n2)c1. The van der Waals surface area contributed by atoms with Crippen LogP contribution in [0.5, 0.6) is 0 Å². The van der Waals surface area contributed by atoms with Crippen LogP contribution < -0.4 is 0 Å². The Morgan fingerprint density at radius 1 is 0.224 bits per heavy atom. The van der Waals surface area contributed by atoms with Crippen LogP contribution in [0.15, 0.2) is 176 Å². The van der Waals surface area contributed by atoms with E-state index in [4.69, 9.17) is 24.9 Å². The predicted octanol–water partition coefficient (Wildman–Crippen LogP) is 13.2. The molecule has 58 heavy (non-hydrogen) atoms. The number of hydrogen-bond acceptors (Lipinski definition) is 5. The van der Waals surface area contributed by atoms with Crippen LogP contribution in [0.25, 0.3) is 90.3 Å². The summed E-state index contributed by atoms with van der Waals surface area (Å²) in [6.07, 6.45) is 0. The predicted molar refractivity (Wildman–Crippen MR) is 238 cm³/mol. The van der Waals surface area contributed by atoms with Gasteiger partial charge in [-0.25, -0.2) is 24.9 Å². The number of hydrogen-bond donors (Lipinski definition) is 0. The van der Waals surface area contributed by atoms with Gasteiger partial charge in [0.2, 0.25) is 0 Å². The molecule has 0 bridgehead atoms. The van der Waals surface area contributed by atoms with Gasteiger partial charge in [-0.1, -0.05) is 168 Å². The minimum absolute atomic E-state index is 0.633. The van der Waals surface area contributed by atoms with Crippen molar-refractivity contribution in [2.24, 2.45) is 0 Å². The Morgan fingerprint density at radius 3 is 0.966 bits per heavy atom. The molecule has 0 aliphatic carbocycles. The van der Waals surface area contributed by atoms with Crippen molar-refractivity contribution in [1.29, 1.82) is 0 Å². The highest BCUT2D eigenvalue weighted by molar-refractivity contribution is 5.87. The molecule has 0 saturated heterocycles. The molecule has 0 atom stereocenters. The molecular weight excluding hydrogens is 707 g/mol. The quantitative estimate of drug-likeness (QED) is 0.155. The molecular formula is C53H41N5. The van der Waals surface area contributed by atoms with Crippen molar-refractivity contribution in [3.05, 3.63) is 198 Å². The summed E-state index contributed by atoms with van der Waals surface area (Å²) in [5.41, 5.74) is 17.1. The van der Waals surface area contributed by atoms with Gasteiger partial charge < -0.3 is 0 Å². The Morgan fingerprint density at radius 2 is 0.552 bits per heavy atom. The third-order valence-corrected chi connectivity index (χ3v) is 10.2. The van der Waals surface area contributed by atoms with Gasteiger partial charge in [0.15, 0.2) is 17.5 Å². The van der Waals surface area contributed by atoms with Gasteiger partial charge >= 0.3 is 0 Å². The number of nitrogens with zero attached hydrogens (tertiary/aromatic N) is 5. The van der Waals surface area contributed by atoms with Crippen LogP contribution in [-0.4, -0.2) is 24.9 Å². The van der Waals surface area contributed by atoms with Crippen molar-refractivity contribution in [2.75, 3.05) is 0 Å². The summed E-state index contributed by atoms with van der Waals surface area (Å²) in [5.74, 6) is 1.95. The lowest BCUT2D eigenvalue weighted by atomic mass is 9.96. The monoisotopic (exact) mass is 747 g/mol. The zero-order valence-electron chi connectivity index (χ0n) is 33.0. The fourth-order valence-corrected chi connectivity index (χ4v) is 7.66. The highest BCUT2D eigenvalue weighted by atomic mass is 15.0. The van der Waals surface area contributed by atoms with Crippen molar-refractivity contribution in [3.63, 3.8) is 0 Å². The normalized spacial score (nSPS) is 11.1. The molecule has 9 rings (SSSR count). The maximum absolute atomic E-state index is 5.46. The van der Waals surface area contributed by atoms with E-state index in [9.17, 15) is 0 Å². The molecule has 2 aromatic heterocycles. The van der Waals surface area contributed by atoms with Crippen LogP contribution in [0.2, 0.25) is 0 Å². The van der Waals surface area contributed by atoms with E-state index in [1.165, 1.54) is 22.3 Å². The molecule has 0 saturated carbocycles. The van der Waals surface area contributed by atoms with Gasteiger partial charge in [0.25, 0.3) is 0 Å². The van der Waals surface area contributed by atoms with E-state index in [1.54, 1.807) is 0 Å². The minimum atomic E-state index is 0.633. The number of aromatic nitrogens is 5.